The quantitative estimate of drug-likeness (QED) is 0.471. The second-order valence-electron chi connectivity index (χ2n) is 1.53. The van der Waals surface area contributed by atoms with Gasteiger partial charge in [-0.15, -0.1) is 0 Å². The van der Waals surface area contributed by atoms with Gasteiger partial charge in [0.2, 0.25) is 0 Å². The Kier molecular flexibility index (Phi) is 10.5. The van der Waals surface area contributed by atoms with Gasteiger partial charge in [-0.3, -0.25) is 4.79 Å². The molecule has 2 N–H and O–H groups in total. The Morgan fingerprint density at radius 1 is 1.64 bits per heavy atom. The van der Waals surface area contributed by atoms with Gasteiger partial charge in [-0.2, -0.15) is 0 Å². The van der Waals surface area contributed by atoms with Crippen molar-refractivity contribution >= 4 is 12.3 Å². The fourth-order valence-electron chi connectivity index (χ4n) is 0.351. The van der Waals surface area contributed by atoms with Gasteiger partial charge in [0.25, 0.3) is 0 Å². The number of hydrogen-bond acceptors (Lipinski definition) is 4. The first-order chi connectivity index (χ1) is 5.22. The molecule has 0 aromatic carbocycles. The molecule has 0 bridgehead atoms. The number of hydrogen-bond donors (Lipinski definition) is 1. The second-order valence-corrected chi connectivity index (χ2v) is 1.53. The highest BCUT2D eigenvalue weighted by molar-refractivity contribution is 5.78. The fraction of sp³-hybridized carbons (Fsp3) is 0.714. The smallest absolute Gasteiger partial charge is 0.323 e. The zero-order valence-corrected chi connectivity index (χ0v) is 7.16. The van der Waals surface area contributed by atoms with Crippen LogP contribution in [0.25, 0.3) is 0 Å². The van der Waals surface area contributed by atoms with Crippen molar-refractivity contribution in [3.05, 3.63) is 0 Å². The minimum absolute atomic E-state index is 0.0205. The summed E-state index contributed by atoms with van der Waals surface area (Å²) in [6, 6.07) is -0.799. The predicted molar refractivity (Wildman–Crippen MR) is 42.0 cm³/mol. The molecule has 1 atom stereocenters. The van der Waals surface area contributed by atoms with E-state index in [1.54, 1.807) is 0 Å². The van der Waals surface area contributed by atoms with Crippen LogP contribution in [0.2, 0.25) is 0 Å². The molecule has 11 heavy (non-hydrogen) atoms. The van der Waals surface area contributed by atoms with Crippen LogP contribution in [0.3, 0.4) is 0 Å². The normalized spacial score (nSPS) is 10.5. The van der Waals surface area contributed by atoms with E-state index in [1.807, 2.05) is 13.8 Å². The minimum Gasteiger partial charge on any atom is -0.468 e. The molecule has 0 amide bonds. The lowest BCUT2D eigenvalue weighted by atomic mass is 10.2. The molecule has 0 fully saturated rings. The van der Waals surface area contributed by atoms with Gasteiger partial charge in [0, 0.05) is 6.42 Å². The molecule has 0 spiro atoms. The zero-order chi connectivity index (χ0) is 9.28. The van der Waals surface area contributed by atoms with Crippen molar-refractivity contribution in [2.45, 2.75) is 26.3 Å². The Bertz CT molecular complexity index is 114. The standard InChI is InChI=1S/C5H9NO3.C2H6/c1-9-5(8)4(6)2-3-7;1-2/h3-4H,2,6H2,1H3;1-2H3. The van der Waals surface area contributed by atoms with Crippen LogP contribution in [-0.4, -0.2) is 25.4 Å². The number of carbonyl (C=O) groups excluding carboxylic acids is 2. The second kappa shape index (κ2) is 9.10. The van der Waals surface area contributed by atoms with Crippen LogP contribution in [0, 0.1) is 0 Å². The van der Waals surface area contributed by atoms with E-state index in [1.165, 1.54) is 7.11 Å². The van der Waals surface area contributed by atoms with Crippen LogP contribution >= 0.6 is 0 Å². The van der Waals surface area contributed by atoms with Crippen molar-refractivity contribution in [3.8, 4) is 0 Å². The largest absolute Gasteiger partial charge is 0.468 e. The molecule has 4 heteroatoms. The summed E-state index contributed by atoms with van der Waals surface area (Å²) >= 11 is 0. The van der Waals surface area contributed by atoms with Crippen molar-refractivity contribution in [1.29, 1.82) is 0 Å². The van der Waals surface area contributed by atoms with E-state index < -0.39 is 12.0 Å². The number of ether oxygens (including phenoxy) is 1. The molecule has 0 rings (SSSR count). The first kappa shape index (κ1) is 12.7. The van der Waals surface area contributed by atoms with Gasteiger partial charge in [0.1, 0.15) is 12.3 Å². The summed E-state index contributed by atoms with van der Waals surface area (Å²) < 4.78 is 4.24. The van der Waals surface area contributed by atoms with Crippen molar-refractivity contribution in [3.63, 3.8) is 0 Å². The van der Waals surface area contributed by atoms with E-state index in [2.05, 4.69) is 4.74 Å². The molecular weight excluding hydrogens is 146 g/mol. The minimum atomic E-state index is -0.799. The van der Waals surface area contributed by atoms with Crippen LogP contribution in [0.5, 0.6) is 0 Å². The molecule has 0 saturated heterocycles. The molecule has 0 aliphatic carbocycles. The number of nitrogens with two attached hydrogens (primary N) is 1. The number of carbonyl (C=O) groups is 2. The van der Waals surface area contributed by atoms with Gasteiger partial charge >= 0.3 is 5.97 Å². The van der Waals surface area contributed by atoms with Crippen LogP contribution in [0.4, 0.5) is 0 Å². The van der Waals surface area contributed by atoms with Gasteiger partial charge < -0.3 is 15.3 Å². The van der Waals surface area contributed by atoms with E-state index >= 15 is 0 Å². The maximum absolute atomic E-state index is 10.4. The molecular formula is C7H15NO3. The summed E-state index contributed by atoms with van der Waals surface area (Å²) in [5.41, 5.74) is 5.13. The Morgan fingerprint density at radius 3 is 2.36 bits per heavy atom. The summed E-state index contributed by atoms with van der Waals surface area (Å²) in [5, 5.41) is 0. The zero-order valence-electron chi connectivity index (χ0n) is 7.16. The average molecular weight is 161 g/mol. The summed E-state index contributed by atoms with van der Waals surface area (Å²) in [6.07, 6.45) is 0.605. The molecule has 0 radical (unpaired) electrons. The van der Waals surface area contributed by atoms with Crippen molar-refractivity contribution < 1.29 is 14.3 Å². The lowest BCUT2D eigenvalue weighted by Gasteiger charge is -2.02. The molecule has 0 aromatic rings. The number of methoxy groups -OCH3 is 1. The van der Waals surface area contributed by atoms with Gasteiger partial charge in [0.15, 0.2) is 0 Å². The Labute approximate surface area is 66.7 Å². The van der Waals surface area contributed by atoms with Gasteiger partial charge in [-0.1, -0.05) is 13.8 Å². The maximum Gasteiger partial charge on any atom is 0.323 e. The molecule has 0 heterocycles. The molecule has 66 valence electrons. The van der Waals surface area contributed by atoms with Crippen molar-refractivity contribution in [2.24, 2.45) is 5.73 Å². The molecule has 0 saturated carbocycles. The SMILES string of the molecule is CC.COC(=O)C(N)CC=O. The van der Waals surface area contributed by atoms with E-state index in [4.69, 9.17) is 5.73 Å². The van der Waals surface area contributed by atoms with Crippen LogP contribution in [0.1, 0.15) is 20.3 Å². The highest BCUT2D eigenvalue weighted by Gasteiger charge is 2.11. The maximum atomic E-state index is 10.4. The summed E-state index contributed by atoms with van der Waals surface area (Å²) in [6.45, 7) is 4.00. The van der Waals surface area contributed by atoms with E-state index in [0.29, 0.717) is 6.29 Å². The molecule has 1 unspecified atom stereocenters. The van der Waals surface area contributed by atoms with Gasteiger partial charge in [0.05, 0.1) is 7.11 Å². The van der Waals surface area contributed by atoms with Crippen molar-refractivity contribution in [2.75, 3.05) is 7.11 Å². The molecule has 0 aliphatic heterocycles. The third-order valence-corrected chi connectivity index (χ3v) is 0.854. The van der Waals surface area contributed by atoms with E-state index in [9.17, 15) is 9.59 Å². The van der Waals surface area contributed by atoms with Crippen molar-refractivity contribution in [1.82, 2.24) is 0 Å². The summed E-state index contributed by atoms with van der Waals surface area (Å²) in [4.78, 5) is 20.1. The Morgan fingerprint density at radius 2 is 2.09 bits per heavy atom. The monoisotopic (exact) mass is 161 g/mol. The van der Waals surface area contributed by atoms with E-state index in [-0.39, 0.29) is 6.42 Å². The van der Waals surface area contributed by atoms with Crippen LogP contribution in [-0.2, 0) is 14.3 Å². The average Bonchev–Trinajstić information content (AvgIpc) is 2.07. The van der Waals surface area contributed by atoms with Gasteiger partial charge in [-0.05, 0) is 0 Å². The first-order valence-electron chi connectivity index (χ1n) is 3.49. The highest BCUT2D eigenvalue weighted by Crippen LogP contribution is 1.85. The lowest BCUT2D eigenvalue weighted by molar-refractivity contribution is -0.142. The number of rotatable bonds is 3. The third-order valence-electron chi connectivity index (χ3n) is 0.854. The first-order valence-corrected chi connectivity index (χ1v) is 3.49. The van der Waals surface area contributed by atoms with Crippen LogP contribution < -0.4 is 5.73 Å². The van der Waals surface area contributed by atoms with Gasteiger partial charge in [-0.25, -0.2) is 0 Å². The number of esters is 1. The highest BCUT2D eigenvalue weighted by atomic mass is 16.5. The topological polar surface area (TPSA) is 69.4 Å². The van der Waals surface area contributed by atoms with E-state index in [0.717, 1.165) is 0 Å². The summed E-state index contributed by atoms with van der Waals surface area (Å²) in [5.74, 6) is -0.554. The predicted octanol–water partition coefficient (Wildman–Crippen LogP) is 0.102. The lowest BCUT2D eigenvalue weighted by Crippen LogP contribution is -2.31. The molecule has 4 nitrogen and oxygen atoms in total. The fourth-order valence-corrected chi connectivity index (χ4v) is 0.351. The molecule has 0 aliphatic rings. The Hall–Kier alpha value is -0.900. The van der Waals surface area contributed by atoms with Crippen LogP contribution in [0.15, 0.2) is 0 Å². The summed E-state index contributed by atoms with van der Waals surface area (Å²) in [7, 11) is 1.23. The number of aldehydes is 1. The third kappa shape index (κ3) is 6.99. The Balaban J connectivity index is 0. The molecule has 0 aromatic heterocycles.